The molecule has 0 saturated heterocycles. The highest BCUT2D eigenvalue weighted by Gasteiger charge is 1.95. The molecule has 0 radical (unpaired) electrons. The van der Waals surface area contributed by atoms with Crippen LogP contribution in [-0.4, -0.2) is 70.4 Å². The Bertz CT molecular complexity index is 854. The molecule has 0 amide bonds. The highest BCUT2D eigenvalue weighted by molar-refractivity contribution is 4.74. The molecule has 0 saturated carbocycles. The summed E-state index contributed by atoms with van der Waals surface area (Å²) in [5.74, 6) is 2.40. The zero-order chi connectivity index (χ0) is 41.1. The summed E-state index contributed by atoms with van der Waals surface area (Å²) in [7, 11) is 0. The Morgan fingerprint density at radius 3 is 1.23 bits per heavy atom. The Morgan fingerprint density at radius 1 is 0.453 bits per heavy atom. The molecular formula is C45H94N4O4. The summed E-state index contributed by atoms with van der Waals surface area (Å²) in [6, 6.07) is 0. The molecule has 0 bridgehead atoms. The molecule has 2 aromatic rings. The van der Waals surface area contributed by atoms with Crippen LogP contribution < -0.4 is 0 Å². The van der Waals surface area contributed by atoms with Gasteiger partial charge < -0.3 is 28.1 Å². The predicted octanol–water partition coefficient (Wildman–Crippen LogP) is 13.0. The molecule has 2 rings (SSSR count). The second-order valence-electron chi connectivity index (χ2n) is 15.6. The van der Waals surface area contributed by atoms with Gasteiger partial charge in [-0.05, 0) is 97.8 Å². The molecular weight excluding hydrogens is 661 g/mol. The summed E-state index contributed by atoms with van der Waals surface area (Å²) in [6.07, 6.45) is 24.8. The maximum absolute atomic E-state index is 5.41. The summed E-state index contributed by atoms with van der Waals surface area (Å²) >= 11 is 0. The van der Waals surface area contributed by atoms with E-state index < -0.39 is 0 Å². The van der Waals surface area contributed by atoms with Gasteiger partial charge in [0.05, 0.1) is 31.0 Å². The summed E-state index contributed by atoms with van der Waals surface area (Å²) in [5, 5.41) is 0. The third-order valence-corrected chi connectivity index (χ3v) is 6.85. The molecule has 2 heterocycles. The topological polar surface area (TPSA) is 72.6 Å². The fourth-order valence-corrected chi connectivity index (χ4v) is 4.15. The van der Waals surface area contributed by atoms with E-state index in [0.29, 0.717) is 24.2 Å². The molecule has 0 unspecified atom stereocenters. The molecule has 2 aromatic heterocycles. The average Bonchev–Trinajstić information content (AvgIpc) is 3.80. The van der Waals surface area contributed by atoms with Gasteiger partial charge in [-0.2, -0.15) is 0 Å². The third kappa shape index (κ3) is 62.5. The number of rotatable bonds is 23. The van der Waals surface area contributed by atoms with Gasteiger partial charge in [-0.3, -0.25) is 0 Å². The second-order valence-corrected chi connectivity index (χ2v) is 15.6. The Balaban J connectivity index is -0.000000277. The van der Waals surface area contributed by atoms with E-state index in [1.54, 1.807) is 6.20 Å². The van der Waals surface area contributed by atoms with Crippen LogP contribution in [0.15, 0.2) is 37.4 Å². The highest BCUT2D eigenvalue weighted by Crippen LogP contribution is 2.05. The summed E-state index contributed by atoms with van der Waals surface area (Å²) in [6.45, 7) is 41.0. The van der Waals surface area contributed by atoms with Crippen LogP contribution in [0.2, 0.25) is 0 Å². The third-order valence-electron chi connectivity index (χ3n) is 6.85. The quantitative estimate of drug-likeness (QED) is 0.105. The van der Waals surface area contributed by atoms with Crippen LogP contribution in [0.5, 0.6) is 0 Å². The molecule has 0 aliphatic carbocycles. The van der Waals surface area contributed by atoms with E-state index in [1.807, 2.05) is 31.2 Å². The fourth-order valence-electron chi connectivity index (χ4n) is 4.15. The lowest BCUT2D eigenvalue weighted by Gasteiger charge is -2.06. The van der Waals surface area contributed by atoms with E-state index in [4.69, 9.17) is 18.9 Å². The van der Waals surface area contributed by atoms with Crippen LogP contribution in [0, 0.1) is 17.8 Å². The summed E-state index contributed by atoms with van der Waals surface area (Å²) < 4.78 is 25.4. The molecule has 0 aromatic carbocycles. The minimum absolute atomic E-state index is 0.341. The van der Waals surface area contributed by atoms with Crippen molar-refractivity contribution in [3.63, 3.8) is 0 Å². The molecule has 0 N–H and O–H groups in total. The first kappa shape index (κ1) is 58.0. The van der Waals surface area contributed by atoms with Crippen LogP contribution in [-0.2, 0) is 32.0 Å². The molecule has 8 heteroatoms. The Kier molecular flexibility index (Phi) is 50.8. The van der Waals surface area contributed by atoms with Crippen molar-refractivity contribution in [2.75, 3.05) is 33.0 Å². The van der Waals surface area contributed by atoms with Gasteiger partial charge in [0.1, 0.15) is 0 Å². The number of aromatic nitrogens is 4. The first-order valence-corrected chi connectivity index (χ1v) is 21.5. The number of aryl methyl sites for hydroxylation is 2. The van der Waals surface area contributed by atoms with Crippen molar-refractivity contribution in [2.45, 2.75) is 206 Å². The van der Waals surface area contributed by atoms with Crippen molar-refractivity contribution in [1.82, 2.24) is 19.1 Å². The lowest BCUT2D eigenvalue weighted by atomic mass is 10.1. The molecule has 318 valence electrons. The van der Waals surface area contributed by atoms with Crippen molar-refractivity contribution < 1.29 is 18.9 Å². The van der Waals surface area contributed by atoms with E-state index in [9.17, 15) is 0 Å². The zero-order valence-electron chi connectivity index (χ0n) is 38.4. The first-order valence-electron chi connectivity index (χ1n) is 21.5. The van der Waals surface area contributed by atoms with Crippen LogP contribution in [0.3, 0.4) is 0 Å². The molecule has 0 atom stereocenters. The number of hydrogen-bond acceptors (Lipinski definition) is 6. The minimum Gasteiger partial charge on any atom is -0.381 e. The van der Waals surface area contributed by atoms with Gasteiger partial charge in [-0.15, -0.1) is 0 Å². The Labute approximate surface area is 331 Å². The molecule has 0 spiro atoms. The molecule has 0 aliphatic heterocycles. The predicted molar refractivity (Wildman–Crippen MR) is 232 cm³/mol. The van der Waals surface area contributed by atoms with Crippen molar-refractivity contribution in [3.8, 4) is 0 Å². The Morgan fingerprint density at radius 2 is 0.906 bits per heavy atom. The SMILES string of the molecule is CC(C)CCCn1ccnc1.CC(C)OCCCn1ccnc1.CCCC(C)C.CCCCCOC(C)C.CCCOC(C)C.CCCOCC(C)C. The van der Waals surface area contributed by atoms with Gasteiger partial charge in [0.15, 0.2) is 0 Å². The molecule has 8 nitrogen and oxygen atoms in total. The second kappa shape index (κ2) is 46.4. The Hall–Kier alpha value is -1.74. The fraction of sp³-hybridized carbons (Fsp3) is 0.867. The number of ether oxygens (including phenoxy) is 4. The van der Waals surface area contributed by atoms with E-state index in [0.717, 1.165) is 77.2 Å². The molecule has 0 fully saturated rings. The van der Waals surface area contributed by atoms with E-state index >= 15 is 0 Å². The smallest absolute Gasteiger partial charge is 0.0945 e. The van der Waals surface area contributed by atoms with E-state index in [-0.39, 0.29) is 0 Å². The van der Waals surface area contributed by atoms with Gasteiger partial charge in [0.2, 0.25) is 0 Å². The maximum atomic E-state index is 5.41. The largest absolute Gasteiger partial charge is 0.381 e. The molecule has 0 aliphatic rings. The number of imidazole rings is 2. The minimum atomic E-state index is 0.341. The standard InChI is InChI=1S/C9H16N2O.C9H16N2.C8H18O.C7H16O.C6H14O.C6H14/c1-9(2)12-7-3-5-11-6-4-10-8-11;1-9(2)4-3-6-11-7-5-10-8-11;1-4-5-6-7-9-8(2)3;1-4-5-8-6-7(2)3;1-4-5-7-6(2)3;1-4-5-6(2)3/h4,6,8-9H,3,5,7H2,1-2H3;5,7-9H,3-4,6H2,1-2H3;8H,4-7H2,1-3H3;7H,4-6H2,1-3H3;6H,4-5H2,1-3H3;6H,4-5H2,1-3H3. The van der Waals surface area contributed by atoms with Gasteiger partial charge in [0.25, 0.3) is 0 Å². The van der Waals surface area contributed by atoms with Crippen molar-refractivity contribution in [1.29, 1.82) is 0 Å². The monoisotopic (exact) mass is 755 g/mol. The van der Waals surface area contributed by atoms with Crippen molar-refractivity contribution in [2.24, 2.45) is 17.8 Å². The zero-order valence-corrected chi connectivity index (χ0v) is 38.4. The number of hydrogen-bond donors (Lipinski definition) is 0. The van der Waals surface area contributed by atoms with Crippen LogP contribution in [0.4, 0.5) is 0 Å². The van der Waals surface area contributed by atoms with Gasteiger partial charge in [-0.25, -0.2) is 9.97 Å². The molecule has 53 heavy (non-hydrogen) atoms. The van der Waals surface area contributed by atoms with Crippen molar-refractivity contribution >= 4 is 0 Å². The normalized spacial score (nSPS) is 10.6. The summed E-state index contributed by atoms with van der Waals surface area (Å²) in [5.41, 5.74) is 0. The van der Waals surface area contributed by atoms with Gasteiger partial charge >= 0.3 is 0 Å². The van der Waals surface area contributed by atoms with Crippen molar-refractivity contribution in [3.05, 3.63) is 37.4 Å². The van der Waals surface area contributed by atoms with E-state index in [1.165, 1.54) is 44.9 Å². The average molecular weight is 755 g/mol. The maximum Gasteiger partial charge on any atom is 0.0945 e. The van der Waals surface area contributed by atoms with Gasteiger partial charge in [-0.1, -0.05) is 94.9 Å². The van der Waals surface area contributed by atoms with E-state index in [2.05, 4.69) is 130 Å². The van der Waals surface area contributed by atoms with Crippen LogP contribution in [0.25, 0.3) is 0 Å². The number of unbranched alkanes of at least 4 members (excludes halogenated alkanes) is 2. The van der Waals surface area contributed by atoms with Gasteiger partial charge in [0, 0.05) is 70.9 Å². The number of nitrogens with zero attached hydrogens (tertiary/aromatic N) is 4. The lowest BCUT2D eigenvalue weighted by molar-refractivity contribution is 0.0748. The first-order chi connectivity index (χ1) is 25.2. The lowest BCUT2D eigenvalue weighted by Crippen LogP contribution is -2.06. The van der Waals surface area contributed by atoms with Crippen LogP contribution in [0.1, 0.15) is 175 Å². The summed E-state index contributed by atoms with van der Waals surface area (Å²) in [4.78, 5) is 7.94. The highest BCUT2D eigenvalue weighted by atomic mass is 16.5. The van der Waals surface area contributed by atoms with Crippen LogP contribution >= 0.6 is 0 Å².